The van der Waals surface area contributed by atoms with Gasteiger partial charge in [-0.3, -0.25) is 14.4 Å². The third kappa shape index (κ3) is 4.02. The highest BCUT2D eigenvalue weighted by Crippen LogP contribution is 2.52. The number of imide groups is 1. The predicted molar refractivity (Wildman–Crippen MR) is 119 cm³/mol. The molecule has 1 heterocycles. The third-order valence-corrected chi connectivity index (χ3v) is 6.43. The number of fused-ring (bicyclic) bond motifs is 5. The van der Waals surface area contributed by atoms with Crippen LogP contribution in [0.1, 0.15) is 12.0 Å². The first-order chi connectivity index (χ1) is 15.9. The van der Waals surface area contributed by atoms with E-state index >= 15 is 0 Å². The van der Waals surface area contributed by atoms with Gasteiger partial charge in [0, 0.05) is 16.3 Å². The Labute approximate surface area is 193 Å². The van der Waals surface area contributed by atoms with E-state index < -0.39 is 11.7 Å². The number of halogens is 2. The number of nitrogens with zero attached hydrogens (tertiary/aromatic N) is 2. The normalized spacial score (nSPS) is 25.2. The average molecular weight is 468 g/mol. The number of hydrazone groups is 1. The van der Waals surface area contributed by atoms with Crippen molar-refractivity contribution in [2.45, 2.75) is 6.42 Å². The Morgan fingerprint density at radius 2 is 1.88 bits per heavy atom. The molecule has 1 aliphatic heterocycles. The molecule has 4 unspecified atom stereocenters. The number of ether oxygens (including phenoxy) is 1. The Balaban J connectivity index is 1.28. The molecule has 1 N–H and O–H groups in total. The van der Waals surface area contributed by atoms with E-state index in [9.17, 15) is 18.8 Å². The van der Waals surface area contributed by atoms with Gasteiger partial charge in [-0.1, -0.05) is 29.8 Å². The Bertz CT molecular complexity index is 1180. The number of hydrogen-bond acceptors (Lipinski definition) is 5. The van der Waals surface area contributed by atoms with Crippen LogP contribution in [0.4, 0.5) is 10.1 Å². The van der Waals surface area contributed by atoms with E-state index in [1.54, 1.807) is 24.3 Å². The number of benzene rings is 2. The van der Waals surface area contributed by atoms with Gasteiger partial charge in [0.05, 0.1) is 18.1 Å². The molecule has 2 bridgehead atoms. The van der Waals surface area contributed by atoms with Crippen LogP contribution in [0.2, 0.25) is 5.02 Å². The fourth-order valence-electron chi connectivity index (χ4n) is 4.78. The van der Waals surface area contributed by atoms with Crippen molar-refractivity contribution >= 4 is 41.2 Å². The van der Waals surface area contributed by atoms with Crippen LogP contribution in [-0.4, -0.2) is 35.6 Å². The van der Waals surface area contributed by atoms with Crippen molar-refractivity contribution in [3.05, 3.63) is 71.0 Å². The van der Waals surface area contributed by atoms with Gasteiger partial charge in [-0.25, -0.2) is 4.39 Å². The van der Waals surface area contributed by atoms with Gasteiger partial charge in [-0.15, -0.1) is 0 Å². The van der Waals surface area contributed by atoms with E-state index in [2.05, 4.69) is 10.4 Å². The number of carbonyl (C=O) groups excluding carboxylic acids is 3. The van der Waals surface area contributed by atoms with Gasteiger partial charge in [0.2, 0.25) is 0 Å². The maximum atomic E-state index is 13.3. The molecule has 1 saturated carbocycles. The smallest absolute Gasteiger partial charge is 0.262 e. The molecule has 7 nitrogen and oxygen atoms in total. The van der Waals surface area contributed by atoms with Gasteiger partial charge >= 0.3 is 0 Å². The third-order valence-electron chi connectivity index (χ3n) is 6.20. The van der Waals surface area contributed by atoms with Crippen LogP contribution in [0, 0.1) is 29.5 Å². The quantitative estimate of drug-likeness (QED) is 0.399. The summed E-state index contributed by atoms with van der Waals surface area (Å²) in [5.74, 6) is -1.75. The van der Waals surface area contributed by atoms with E-state index in [-0.39, 0.29) is 42.1 Å². The number of amides is 3. The van der Waals surface area contributed by atoms with E-state index in [1.165, 1.54) is 24.4 Å². The van der Waals surface area contributed by atoms with Crippen LogP contribution in [0.5, 0.6) is 5.75 Å². The minimum Gasteiger partial charge on any atom is -0.483 e. The minimum absolute atomic E-state index is 0.0957. The van der Waals surface area contributed by atoms with Gasteiger partial charge < -0.3 is 10.1 Å². The molecule has 4 atom stereocenters. The monoisotopic (exact) mass is 467 g/mol. The molecule has 0 aromatic heterocycles. The Kier molecular flexibility index (Phi) is 5.46. The number of anilines is 1. The highest BCUT2D eigenvalue weighted by atomic mass is 35.5. The summed E-state index contributed by atoms with van der Waals surface area (Å²) in [5.41, 5.74) is 0.710. The van der Waals surface area contributed by atoms with E-state index in [1.807, 2.05) is 12.2 Å². The molecular formula is C24H19ClFN3O4. The minimum atomic E-state index is -0.487. The van der Waals surface area contributed by atoms with Crippen LogP contribution in [0.15, 0.2) is 59.7 Å². The number of rotatable bonds is 6. The summed E-state index contributed by atoms with van der Waals surface area (Å²) in [4.78, 5) is 37.8. The summed E-state index contributed by atoms with van der Waals surface area (Å²) >= 11 is 6.09. The maximum absolute atomic E-state index is 13.3. The average Bonchev–Trinajstić information content (AvgIpc) is 3.46. The Morgan fingerprint density at radius 1 is 1.15 bits per heavy atom. The molecule has 0 radical (unpaired) electrons. The molecule has 3 aliphatic rings. The van der Waals surface area contributed by atoms with Gasteiger partial charge in [0.25, 0.3) is 17.7 Å². The summed E-state index contributed by atoms with van der Waals surface area (Å²) in [7, 11) is 0. The summed E-state index contributed by atoms with van der Waals surface area (Å²) in [6.45, 7) is -0.347. The summed E-state index contributed by atoms with van der Waals surface area (Å²) < 4.78 is 18.9. The molecule has 9 heteroatoms. The Morgan fingerprint density at radius 3 is 2.58 bits per heavy atom. The number of hydrogen-bond donors (Lipinski definition) is 1. The van der Waals surface area contributed by atoms with Crippen LogP contribution >= 0.6 is 11.6 Å². The molecule has 0 spiro atoms. The van der Waals surface area contributed by atoms with Crippen molar-refractivity contribution in [1.29, 1.82) is 0 Å². The fraction of sp³-hybridized carbons (Fsp3) is 0.250. The number of allylic oxidation sites excluding steroid dienone is 2. The van der Waals surface area contributed by atoms with Crippen molar-refractivity contribution < 1.29 is 23.5 Å². The van der Waals surface area contributed by atoms with Crippen LogP contribution in [-0.2, 0) is 14.4 Å². The van der Waals surface area contributed by atoms with Gasteiger partial charge in [-0.05, 0) is 54.7 Å². The number of nitrogens with one attached hydrogen (secondary N) is 1. The SMILES string of the molecule is O=C(COc1ccc(Cl)cc1C=NN1C(=O)C2C3C=CC(C3)C2C1=O)Nc1cccc(F)c1. The second-order valence-corrected chi connectivity index (χ2v) is 8.70. The van der Waals surface area contributed by atoms with Crippen molar-refractivity contribution in [3.8, 4) is 5.75 Å². The molecule has 2 aromatic rings. The molecular weight excluding hydrogens is 449 g/mol. The lowest BCUT2D eigenvalue weighted by Gasteiger charge is -2.13. The zero-order valence-corrected chi connectivity index (χ0v) is 18.0. The lowest BCUT2D eigenvalue weighted by molar-refractivity contribution is -0.140. The standard InChI is InChI=1S/C24H19ClFN3O4/c25-16-6-7-19(33-12-20(30)28-18-3-1-2-17(26)10-18)15(9-16)11-27-29-23(31)21-13-4-5-14(8-13)22(21)24(29)32/h1-7,9-11,13-14,21-22H,8,12H2,(H,28,30). The first-order valence-electron chi connectivity index (χ1n) is 10.5. The van der Waals surface area contributed by atoms with Crippen LogP contribution < -0.4 is 10.1 Å². The zero-order chi connectivity index (χ0) is 23.1. The van der Waals surface area contributed by atoms with Crippen molar-refractivity contribution in [1.82, 2.24) is 5.01 Å². The second kappa shape index (κ2) is 8.44. The molecule has 5 rings (SSSR count). The van der Waals surface area contributed by atoms with Gasteiger partial charge in [0.15, 0.2) is 6.61 Å². The number of carbonyl (C=O) groups is 3. The van der Waals surface area contributed by atoms with Crippen molar-refractivity contribution in [3.63, 3.8) is 0 Å². The Hall–Kier alpha value is -3.52. The highest BCUT2D eigenvalue weighted by Gasteiger charge is 2.59. The maximum Gasteiger partial charge on any atom is 0.262 e. The van der Waals surface area contributed by atoms with E-state index in [0.29, 0.717) is 22.0 Å². The summed E-state index contributed by atoms with van der Waals surface area (Å²) in [6.07, 6.45) is 6.20. The van der Waals surface area contributed by atoms with Crippen LogP contribution in [0.3, 0.4) is 0 Å². The molecule has 3 amide bonds. The molecule has 168 valence electrons. The summed E-state index contributed by atoms with van der Waals surface area (Å²) in [5, 5.41) is 8.01. The first-order valence-corrected chi connectivity index (χ1v) is 10.9. The molecule has 1 saturated heterocycles. The molecule has 2 aliphatic carbocycles. The fourth-order valence-corrected chi connectivity index (χ4v) is 4.96. The van der Waals surface area contributed by atoms with Gasteiger partial charge in [0.1, 0.15) is 11.6 Å². The van der Waals surface area contributed by atoms with Gasteiger partial charge in [-0.2, -0.15) is 10.1 Å². The van der Waals surface area contributed by atoms with E-state index in [4.69, 9.17) is 16.3 Å². The highest BCUT2D eigenvalue weighted by molar-refractivity contribution is 6.31. The zero-order valence-electron chi connectivity index (χ0n) is 17.3. The van der Waals surface area contributed by atoms with E-state index in [0.717, 1.165) is 11.4 Å². The molecule has 2 aromatic carbocycles. The summed E-state index contributed by atoms with van der Waals surface area (Å²) in [6, 6.07) is 10.2. The van der Waals surface area contributed by atoms with Crippen molar-refractivity contribution in [2.24, 2.45) is 28.8 Å². The lowest BCUT2D eigenvalue weighted by Crippen LogP contribution is -2.28. The van der Waals surface area contributed by atoms with Crippen molar-refractivity contribution in [2.75, 3.05) is 11.9 Å². The second-order valence-electron chi connectivity index (χ2n) is 8.26. The lowest BCUT2D eigenvalue weighted by atomic mass is 9.85. The predicted octanol–water partition coefficient (Wildman–Crippen LogP) is 3.64. The largest absolute Gasteiger partial charge is 0.483 e. The topological polar surface area (TPSA) is 88.1 Å². The van der Waals surface area contributed by atoms with Crippen LogP contribution in [0.25, 0.3) is 0 Å². The molecule has 2 fully saturated rings. The first kappa shape index (κ1) is 21.3. The molecule has 33 heavy (non-hydrogen) atoms.